The Labute approximate surface area is 198 Å². The standard InChI is InChI=1S/C24H26NOP.2ClH.Ti/c1-24(2,3)25-17-20-12-7-8-14-21(20)27-22-15-9-13-19(23(22)26)16-18-10-5-4-6-11-18;;;/h4-15,17,26-27H,16H2,1-3H3;2*1H;/q;;;+2/p-2. The number of para-hydroxylation sites is 1. The summed E-state index contributed by atoms with van der Waals surface area (Å²) in [6, 6.07) is 24.6. The van der Waals surface area contributed by atoms with E-state index in [2.05, 4.69) is 50.0 Å². The van der Waals surface area contributed by atoms with Gasteiger partial charge in [-0.2, -0.15) is 0 Å². The minimum atomic E-state index is -0.556. The Balaban J connectivity index is 0.00000101. The van der Waals surface area contributed by atoms with Gasteiger partial charge in [0.15, 0.2) is 0 Å². The summed E-state index contributed by atoms with van der Waals surface area (Å²) in [5.41, 5.74) is 3.17. The van der Waals surface area contributed by atoms with E-state index in [9.17, 15) is 5.11 Å². The second-order valence-electron chi connectivity index (χ2n) is 7.69. The summed E-state index contributed by atoms with van der Waals surface area (Å²) in [6.07, 6.45) is 2.69. The number of phenols is 1. The molecule has 0 saturated heterocycles. The molecule has 0 fully saturated rings. The van der Waals surface area contributed by atoms with E-state index in [1.807, 2.05) is 54.7 Å². The molecule has 156 valence electrons. The van der Waals surface area contributed by atoms with E-state index in [4.69, 9.17) is 18.6 Å². The van der Waals surface area contributed by atoms with Crippen LogP contribution in [0.1, 0.15) is 37.5 Å². The van der Waals surface area contributed by atoms with Gasteiger partial charge >= 0.3 is 35.6 Å². The molecular weight excluding hydrogens is 468 g/mol. The van der Waals surface area contributed by atoms with E-state index in [-0.39, 0.29) is 5.54 Å². The van der Waals surface area contributed by atoms with Crippen molar-refractivity contribution in [2.45, 2.75) is 32.7 Å². The Hall–Kier alpha value is -1.15. The molecule has 0 heterocycles. The van der Waals surface area contributed by atoms with Gasteiger partial charge in [-0.1, -0.05) is 81.4 Å². The van der Waals surface area contributed by atoms with Crippen molar-refractivity contribution in [3.63, 3.8) is 0 Å². The van der Waals surface area contributed by atoms with Crippen molar-refractivity contribution in [2.75, 3.05) is 0 Å². The molecule has 1 unspecified atom stereocenters. The van der Waals surface area contributed by atoms with Crippen molar-refractivity contribution >= 4 is 44.0 Å². The van der Waals surface area contributed by atoms with Crippen LogP contribution in [0.5, 0.6) is 5.75 Å². The molecule has 3 aromatic rings. The summed E-state index contributed by atoms with van der Waals surface area (Å²) < 4.78 is 0. The molecule has 1 N–H and O–H groups in total. The molecule has 0 amide bonds. The third-order valence-electron chi connectivity index (χ3n) is 4.18. The van der Waals surface area contributed by atoms with Crippen LogP contribution in [0.25, 0.3) is 0 Å². The van der Waals surface area contributed by atoms with Crippen LogP contribution < -0.4 is 10.6 Å². The van der Waals surface area contributed by atoms with Crippen molar-refractivity contribution in [2.24, 2.45) is 4.99 Å². The van der Waals surface area contributed by atoms with Crippen molar-refractivity contribution < 1.29 is 22.1 Å². The van der Waals surface area contributed by atoms with Gasteiger partial charge in [0.2, 0.25) is 0 Å². The topological polar surface area (TPSA) is 32.6 Å². The van der Waals surface area contributed by atoms with Crippen LogP contribution in [-0.2, 0) is 23.5 Å². The number of halogens is 2. The predicted molar refractivity (Wildman–Crippen MR) is 130 cm³/mol. The number of hydrogen-bond acceptors (Lipinski definition) is 2. The fourth-order valence-electron chi connectivity index (χ4n) is 2.78. The third kappa shape index (κ3) is 8.54. The third-order valence-corrected chi connectivity index (χ3v) is 5.58. The number of rotatable bonds is 5. The number of nitrogens with zero attached hydrogens (tertiary/aromatic N) is 1. The van der Waals surface area contributed by atoms with Crippen molar-refractivity contribution in [3.8, 4) is 5.75 Å². The molecule has 3 aromatic carbocycles. The molecule has 3 rings (SSSR count). The second kappa shape index (κ2) is 12.6. The van der Waals surface area contributed by atoms with Gasteiger partial charge < -0.3 is 5.11 Å². The molecule has 0 spiro atoms. The summed E-state index contributed by atoms with van der Waals surface area (Å²) >= 11 is -0.556. The van der Waals surface area contributed by atoms with Gasteiger partial charge in [-0.05, 0) is 37.2 Å². The second-order valence-corrected chi connectivity index (χ2v) is 11.6. The van der Waals surface area contributed by atoms with E-state index in [1.54, 1.807) is 0 Å². The maximum absolute atomic E-state index is 10.8. The molecule has 0 saturated carbocycles. The van der Waals surface area contributed by atoms with Gasteiger partial charge in [-0.25, -0.2) is 0 Å². The molecule has 30 heavy (non-hydrogen) atoms. The summed E-state index contributed by atoms with van der Waals surface area (Å²) in [4.78, 5) is 4.64. The quantitative estimate of drug-likeness (QED) is 0.256. The molecule has 1 atom stereocenters. The fraction of sp³-hybridized carbons (Fsp3) is 0.208. The molecule has 0 aromatic heterocycles. The van der Waals surface area contributed by atoms with E-state index < -0.39 is 17.0 Å². The molecule has 0 aliphatic carbocycles. The van der Waals surface area contributed by atoms with E-state index >= 15 is 0 Å². The molecule has 0 aliphatic heterocycles. The summed E-state index contributed by atoms with van der Waals surface area (Å²) in [6.45, 7) is 6.27. The normalized spacial score (nSPS) is 11.5. The van der Waals surface area contributed by atoms with Gasteiger partial charge in [-0.3, -0.25) is 4.99 Å². The molecular formula is C24H26Cl2NOPTi. The van der Waals surface area contributed by atoms with Crippen molar-refractivity contribution in [1.82, 2.24) is 0 Å². The van der Waals surface area contributed by atoms with Gasteiger partial charge in [-0.15, -0.1) is 0 Å². The zero-order chi connectivity index (χ0) is 22.0. The Kier molecular flexibility index (Phi) is 10.6. The summed E-state index contributed by atoms with van der Waals surface area (Å²) in [5, 5.41) is 13.0. The van der Waals surface area contributed by atoms with Gasteiger partial charge in [0.05, 0.1) is 5.54 Å². The Morgan fingerprint density at radius 1 is 0.900 bits per heavy atom. The number of aliphatic imine (C=N–C) groups is 1. The fourth-order valence-corrected chi connectivity index (χ4v) is 4.00. The molecule has 0 aliphatic rings. The van der Waals surface area contributed by atoms with Crippen LogP contribution in [0.3, 0.4) is 0 Å². The minimum absolute atomic E-state index is 0.103. The first kappa shape index (κ1) is 25.1. The Bertz CT molecular complexity index is 959. The first-order valence-electron chi connectivity index (χ1n) is 9.56. The zero-order valence-electron chi connectivity index (χ0n) is 17.4. The van der Waals surface area contributed by atoms with E-state index in [0.29, 0.717) is 14.3 Å². The zero-order valence-corrected chi connectivity index (χ0v) is 21.4. The molecule has 0 radical (unpaired) electrons. The number of hydrogen-bond donors (Lipinski definition) is 1. The molecule has 2 nitrogen and oxygen atoms in total. The Morgan fingerprint density at radius 3 is 2.17 bits per heavy atom. The van der Waals surface area contributed by atoms with Crippen LogP contribution in [0.15, 0.2) is 77.8 Å². The van der Waals surface area contributed by atoms with Gasteiger partial charge in [0, 0.05) is 23.5 Å². The van der Waals surface area contributed by atoms with Crippen LogP contribution in [-0.4, -0.2) is 16.9 Å². The summed E-state index contributed by atoms with van der Waals surface area (Å²) in [7, 11) is 10.2. The number of aromatic hydroxyl groups is 1. The average Bonchev–Trinajstić information content (AvgIpc) is 2.71. The van der Waals surface area contributed by atoms with Crippen molar-refractivity contribution in [1.29, 1.82) is 0 Å². The van der Waals surface area contributed by atoms with E-state index in [0.717, 1.165) is 22.9 Å². The molecule has 0 bridgehead atoms. The first-order chi connectivity index (χ1) is 14.3. The average molecular weight is 494 g/mol. The van der Waals surface area contributed by atoms with E-state index in [1.165, 1.54) is 10.9 Å². The van der Waals surface area contributed by atoms with Crippen LogP contribution >= 0.6 is 27.2 Å². The maximum atomic E-state index is 10.8. The number of phenolic OH excluding ortho intramolecular Hbond substituents is 1. The van der Waals surface area contributed by atoms with Crippen LogP contribution in [0, 0.1) is 0 Å². The SMILES string of the molecule is CC(C)(C)N=Cc1ccccc1Pc1cccc(Cc2ccccc2)c1O.[Cl][Ti][Cl]. The van der Waals surface area contributed by atoms with Crippen LogP contribution in [0.4, 0.5) is 0 Å². The van der Waals surface area contributed by atoms with Gasteiger partial charge in [0.1, 0.15) is 5.75 Å². The van der Waals surface area contributed by atoms with Gasteiger partial charge in [0.25, 0.3) is 0 Å². The molecule has 6 heteroatoms. The summed E-state index contributed by atoms with van der Waals surface area (Å²) in [5.74, 6) is 0.405. The number of benzene rings is 3. The predicted octanol–water partition coefficient (Wildman–Crippen LogP) is 6.21. The van der Waals surface area contributed by atoms with Crippen LogP contribution in [0.2, 0.25) is 0 Å². The van der Waals surface area contributed by atoms with Crippen molar-refractivity contribution in [3.05, 3.63) is 89.5 Å². The first-order valence-corrected chi connectivity index (χ1v) is 14.9. The Morgan fingerprint density at radius 2 is 1.50 bits per heavy atom. The monoisotopic (exact) mass is 493 g/mol.